The van der Waals surface area contributed by atoms with E-state index in [0.717, 1.165) is 24.7 Å². The summed E-state index contributed by atoms with van der Waals surface area (Å²) in [7, 11) is 5.87. The summed E-state index contributed by atoms with van der Waals surface area (Å²) in [5.74, 6) is 1.78. The first-order valence-electron chi connectivity index (χ1n) is 6.75. The molecule has 1 aromatic rings. The van der Waals surface area contributed by atoms with Crippen molar-refractivity contribution in [2.75, 3.05) is 27.7 Å². The van der Waals surface area contributed by atoms with E-state index in [-0.39, 0.29) is 6.04 Å². The molecule has 0 aliphatic rings. The molecule has 19 heavy (non-hydrogen) atoms. The second-order valence-electron chi connectivity index (χ2n) is 4.90. The smallest absolute Gasteiger partial charge is 0.191 e. The van der Waals surface area contributed by atoms with Crippen LogP contribution in [0.3, 0.4) is 0 Å². The van der Waals surface area contributed by atoms with E-state index in [9.17, 15) is 0 Å². The van der Waals surface area contributed by atoms with Crippen LogP contribution in [0.2, 0.25) is 0 Å². The minimum absolute atomic E-state index is 0.186. The fourth-order valence-electron chi connectivity index (χ4n) is 1.74. The topological polar surface area (TPSA) is 52.8 Å². The van der Waals surface area contributed by atoms with Crippen LogP contribution in [-0.2, 0) is 0 Å². The third-order valence-corrected chi connectivity index (χ3v) is 3.18. The van der Waals surface area contributed by atoms with Gasteiger partial charge >= 0.3 is 0 Å². The number of hydrogen-bond donors (Lipinski definition) is 2. The number of nitrogens with one attached hydrogen (secondary N) is 2. The standard InChI is InChI=1S/C14H26N4O/c1-6-11(2)17-14(15-3)16-10-12(18(4)5)13-8-7-9-19-13/h7-9,11-12H,6,10H2,1-5H3,(H2,15,16,17). The van der Waals surface area contributed by atoms with Crippen LogP contribution < -0.4 is 10.6 Å². The Hall–Kier alpha value is -1.49. The van der Waals surface area contributed by atoms with Gasteiger partial charge in [-0.2, -0.15) is 0 Å². The minimum atomic E-state index is 0.186. The summed E-state index contributed by atoms with van der Waals surface area (Å²) in [6.07, 6.45) is 2.77. The van der Waals surface area contributed by atoms with Gasteiger partial charge in [0.25, 0.3) is 0 Å². The van der Waals surface area contributed by atoms with E-state index in [1.807, 2.05) is 26.2 Å². The number of hydrogen-bond acceptors (Lipinski definition) is 3. The Labute approximate surface area is 116 Å². The molecule has 1 rings (SSSR count). The third-order valence-electron chi connectivity index (χ3n) is 3.18. The lowest BCUT2D eigenvalue weighted by Crippen LogP contribution is -2.44. The van der Waals surface area contributed by atoms with Crippen molar-refractivity contribution in [2.45, 2.75) is 32.4 Å². The molecule has 0 radical (unpaired) electrons. The van der Waals surface area contributed by atoms with Gasteiger partial charge in [-0.1, -0.05) is 6.92 Å². The molecule has 0 fully saturated rings. The van der Waals surface area contributed by atoms with E-state index >= 15 is 0 Å². The predicted octanol–water partition coefficient (Wildman–Crippen LogP) is 1.85. The molecule has 0 bridgehead atoms. The first kappa shape index (κ1) is 15.6. The van der Waals surface area contributed by atoms with Crippen LogP contribution in [0.25, 0.3) is 0 Å². The third kappa shape index (κ3) is 4.95. The first-order chi connectivity index (χ1) is 9.08. The Kier molecular flexibility index (Phi) is 6.42. The lowest BCUT2D eigenvalue weighted by Gasteiger charge is -2.24. The Bertz CT molecular complexity index is 373. The molecular weight excluding hydrogens is 240 g/mol. The zero-order valence-electron chi connectivity index (χ0n) is 12.6. The summed E-state index contributed by atoms with van der Waals surface area (Å²) in [4.78, 5) is 6.36. The maximum absolute atomic E-state index is 5.48. The van der Waals surface area contributed by atoms with Gasteiger partial charge in [0.2, 0.25) is 0 Å². The molecular formula is C14H26N4O. The molecule has 5 heteroatoms. The van der Waals surface area contributed by atoms with Crippen molar-refractivity contribution in [1.29, 1.82) is 0 Å². The molecule has 108 valence electrons. The summed E-state index contributed by atoms with van der Waals surface area (Å²) in [6.45, 7) is 5.04. The second-order valence-corrected chi connectivity index (χ2v) is 4.90. The molecule has 5 nitrogen and oxygen atoms in total. The van der Waals surface area contributed by atoms with Crippen LogP contribution in [0.5, 0.6) is 0 Å². The van der Waals surface area contributed by atoms with Crippen LogP contribution in [0.4, 0.5) is 0 Å². The van der Waals surface area contributed by atoms with Gasteiger partial charge in [-0.05, 0) is 39.6 Å². The van der Waals surface area contributed by atoms with Crippen LogP contribution in [-0.4, -0.2) is 44.6 Å². The monoisotopic (exact) mass is 266 g/mol. The minimum Gasteiger partial charge on any atom is -0.468 e. The molecule has 2 unspecified atom stereocenters. The van der Waals surface area contributed by atoms with E-state index < -0.39 is 0 Å². The van der Waals surface area contributed by atoms with Gasteiger partial charge in [-0.15, -0.1) is 0 Å². The number of likely N-dealkylation sites (N-methyl/N-ethyl adjacent to an activating group) is 1. The Morgan fingerprint density at radius 2 is 2.21 bits per heavy atom. The van der Waals surface area contributed by atoms with Crippen molar-refractivity contribution < 1.29 is 4.42 Å². The van der Waals surface area contributed by atoms with Gasteiger partial charge in [0, 0.05) is 19.6 Å². The highest BCUT2D eigenvalue weighted by atomic mass is 16.3. The number of furan rings is 1. The summed E-state index contributed by atoms with van der Waals surface area (Å²) in [6, 6.07) is 4.51. The van der Waals surface area contributed by atoms with Crippen molar-refractivity contribution in [2.24, 2.45) is 4.99 Å². The maximum Gasteiger partial charge on any atom is 0.191 e. The highest BCUT2D eigenvalue weighted by Crippen LogP contribution is 2.17. The molecule has 0 aliphatic heterocycles. The van der Waals surface area contributed by atoms with Gasteiger partial charge in [-0.25, -0.2) is 0 Å². The molecule has 0 saturated carbocycles. The fraction of sp³-hybridized carbons (Fsp3) is 0.643. The summed E-state index contributed by atoms with van der Waals surface area (Å²) >= 11 is 0. The molecule has 0 amide bonds. The van der Waals surface area contributed by atoms with Gasteiger partial charge in [-0.3, -0.25) is 9.89 Å². The summed E-state index contributed by atoms with van der Waals surface area (Å²) < 4.78 is 5.48. The molecule has 0 saturated heterocycles. The van der Waals surface area contributed by atoms with E-state index in [1.165, 1.54) is 0 Å². The van der Waals surface area contributed by atoms with Crippen molar-refractivity contribution in [1.82, 2.24) is 15.5 Å². The van der Waals surface area contributed by atoms with Gasteiger partial charge in [0.05, 0.1) is 12.3 Å². The molecule has 1 aromatic heterocycles. The highest BCUT2D eigenvalue weighted by molar-refractivity contribution is 5.79. The Morgan fingerprint density at radius 1 is 1.47 bits per heavy atom. The maximum atomic E-state index is 5.48. The van der Waals surface area contributed by atoms with Crippen LogP contribution in [0, 0.1) is 0 Å². The molecule has 2 N–H and O–H groups in total. The number of guanidine groups is 1. The largest absolute Gasteiger partial charge is 0.468 e. The number of aliphatic imine (C=N–C) groups is 1. The zero-order valence-corrected chi connectivity index (χ0v) is 12.6. The van der Waals surface area contributed by atoms with Crippen LogP contribution >= 0.6 is 0 Å². The van der Waals surface area contributed by atoms with E-state index in [1.54, 1.807) is 13.3 Å². The molecule has 1 heterocycles. The lowest BCUT2D eigenvalue weighted by molar-refractivity contribution is 0.258. The SMILES string of the molecule is CCC(C)NC(=NC)NCC(c1ccco1)N(C)C. The van der Waals surface area contributed by atoms with Gasteiger partial charge < -0.3 is 15.1 Å². The Morgan fingerprint density at radius 3 is 2.68 bits per heavy atom. The zero-order chi connectivity index (χ0) is 14.3. The number of rotatable bonds is 6. The predicted molar refractivity (Wildman–Crippen MR) is 79.4 cm³/mol. The van der Waals surface area contributed by atoms with Crippen molar-refractivity contribution >= 4 is 5.96 Å². The molecule has 2 atom stereocenters. The number of nitrogens with zero attached hydrogens (tertiary/aromatic N) is 2. The first-order valence-corrected chi connectivity index (χ1v) is 6.75. The quantitative estimate of drug-likeness (QED) is 0.609. The average molecular weight is 266 g/mol. The van der Waals surface area contributed by atoms with E-state index in [0.29, 0.717) is 6.04 Å². The van der Waals surface area contributed by atoms with Crippen molar-refractivity contribution in [3.05, 3.63) is 24.2 Å². The van der Waals surface area contributed by atoms with Crippen molar-refractivity contribution in [3.8, 4) is 0 Å². The van der Waals surface area contributed by atoms with Gasteiger partial charge in [0.15, 0.2) is 5.96 Å². The molecule has 0 spiro atoms. The summed E-state index contributed by atoms with van der Waals surface area (Å²) in [5, 5.41) is 6.69. The van der Waals surface area contributed by atoms with E-state index in [2.05, 4.69) is 34.4 Å². The lowest BCUT2D eigenvalue weighted by atomic mass is 10.2. The highest BCUT2D eigenvalue weighted by Gasteiger charge is 2.17. The normalized spacial score (nSPS) is 15.4. The van der Waals surface area contributed by atoms with Crippen molar-refractivity contribution in [3.63, 3.8) is 0 Å². The Balaban J connectivity index is 2.56. The molecule has 0 aliphatic carbocycles. The second kappa shape index (κ2) is 7.84. The van der Waals surface area contributed by atoms with Gasteiger partial charge in [0.1, 0.15) is 5.76 Å². The van der Waals surface area contributed by atoms with Crippen LogP contribution in [0.1, 0.15) is 32.1 Å². The van der Waals surface area contributed by atoms with E-state index in [4.69, 9.17) is 4.42 Å². The van der Waals surface area contributed by atoms with Crippen LogP contribution in [0.15, 0.2) is 27.8 Å². The molecule has 0 aromatic carbocycles. The summed E-state index contributed by atoms with van der Waals surface area (Å²) in [5.41, 5.74) is 0. The fourth-order valence-corrected chi connectivity index (χ4v) is 1.74. The average Bonchev–Trinajstić information content (AvgIpc) is 2.90.